The van der Waals surface area contributed by atoms with Crippen LogP contribution in [0, 0.1) is 0 Å². The third-order valence-electron chi connectivity index (χ3n) is 5.34. The van der Waals surface area contributed by atoms with Crippen LogP contribution in [0.1, 0.15) is 23.1 Å². The predicted molar refractivity (Wildman–Crippen MR) is 102 cm³/mol. The van der Waals surface area contributed by atoms with Gasteiger partial charge in [-0.3, -0.25) is 14.7 Å². The lowest BCUT2D eigenvalue weighted by molar-refractivity contribution is -0.126. The second-order valence-electron chi connectivity index (χ2n) is 6.79. The Labute approximate surface area is 160 Å². The molecule has 2 aliphatic heterocycles. The van der Waals surface area contributed by atoms with Gasteiger partial charge in [0.1, 0.15) is 11.2 Å². The van der Waals surface area contributed by atoms with Gasteiger partial charge in [0, 0.05) is 22.7 Å². The van der Waals surface area contributed by atoms with E-state index in [2.05, 4.69) is 15.5 Å². The number of amides is 2. The van der Waals surface area contributed by atoms with Gasteiger partial charge in [0.15, 0.2) is 0 Å². The topological polar surface area (TPSA) is 78.1 Å². The number of para-hydroxylation sites is 1. The van der Waals surface area contributed by atoms with Gasteiger partial charge in [-0.2, -0.15) is 5.10 Å². The molecule has 2 aromatic carbocycles. The first-order valence-corrected chi connectivity index (χ1v) is 8.97. The van der Waals surface area contributed by atoms with Crippen molar-refractivity contribution in [2.45, 2.75) is 18.4 Å². The van der Waals surface area contributed by atoms with E-state index in [9.17, 15) is 9.59 Å². The molecule has 0 aliphatic carbocycles. The summed E-state index contributed by atoms with van der Waals surface area (Å²) in [6, 6.07) is 15.1. The number of benzene rings is 2. The molecule has 0 radical (unpaired) electrons. The second kappa shape index (κ2) is 5.69. The Bertz CT molecular complexity index is 1090. The summed E-state index contributed by atoms with van der Waals surface area (Å²) in [5.74, 6) is 0.129. The summed E-state index contributed by atoms with van der Waals surface area (Å²) in [5, 5.41) is 10.2. The minimum Gasteiger partial charge on any atom is -0.311 e. The lowest BCUT2D eigenvalue weighted by Crippen LogP contribution is -2.46. The van der Waals surface area contributed by atoms with Crippen molar-refractivity contribution < 1.29 is 9.59 Å². The van der Waals surface area contributed by atoms with Crippen molar-refractivity contribution in [3.8, 4) is 0 Å². The van der Waals surface area contributed by atoms with Crippen LogP contribution >= 0.6 is 11.6 Å². The summed E-state index contributed by atoms with van der Waals surface area (Å²) in [6.45, 7) is 0.339. The van der Waals surface area contributed by atoms with Crippen molar-refractivity contribution in [1.82, 2.24) is 10.2 Å². The SMILES string of the molecule is O=C1C[C@@]2(C(=O)N(Cc3ccccc3Cl)c3ccccc32)c2cn[nH]c2N1. The summed E-state index contributed by atoms with van der Waals surface area (Å²) >= 11 is 6.32. The number of aromatic amines is 1. The highest BCUT2D eigenvalue weighted by atomic mass is 35.5. The average molecular weight is 379 g/mol. The minimum absolute atomic E-state index is 0.0500. The van der Waals surface area contributed by atoms with Crippen molar-refractivity contribution in [1.29, 1.82) is 0 Å². The summed E-state index contributed by atoms with van der Waals surface area (Å²) in [5.41, 5.74) is 2.10. The standard InChI is InChI=1S/C20H15ClN4O2/c21-15-7-3-1-5-12(15)11-25-16-8-4-2-6-13(16)20(19(25)27)9-17(26)23-18-14(20)10-22-24-18/h1-8,10H,9,11H2,(H2,22,23,24,26)/t20-/m0/s1. The molecule has 1 aromatic heterocycles. The first kappa shape index (κ1) is 16.1. The van der Waals surface area contributed by atoms with E-state index in [0.717, 1.165) is 16.8 Å². The van der Waals surface area contributed by atoms with Crippen LogP contribution in [0.25, 0.3) is 0 Å². The Morgan fingerprint density at radius 3 is 2.70 bits per heavy atom. The van der Waals surface area contributed by atoms with E-state index in [1.165, 1.54) is 0 Å². The molecule has 7 heteroatoms. The fourth-order valence-corrected chi connectivity index (χ4v) is 4.33. The molecule has 3 aromatic rings. The van der Waals surface area contributed by atoms with Gasteiger partial charge in [-0.1, -0.05) is 48.0 Å². The van der Waals surface area contributed by atoms with Crippen molar-refractivity contribution in [2.75, 3.05) is 10.2 Å². The molecule has 2 aliphatic rings. The summed E-state index contributed by atoms with van der Waals surface area (Å²) in [4.78, 5) is 27.8. The number of rotatable bonds is 2. The molecular formula is C20H15ClN4O2. The van der Waals surface area contributed by atoms with Crippen LogP contribution in [0.15, 0.2) is 54.7 Å². The monoisotopic (exact) mass is 378 g/mol. The molecule has 0 saturated carbocycles. The molecule has 134 valence electrons. The molecule has 0 fully saturated rings. The van der Waals surface area contributed by atoms with Crippen molar-refractivity contribution >= 4 is 34.9 Å². The highest BCUT2D eigenvalue weighted by molar-refractivity contribution is 6.31. The number of H-pyrrole nitrogens is 1. The van der Waals surface area contributed by atoms with E-state index in [-0.39, 0.29) is 18.2 Å². The van der Waals surface area contributed by atoms with Gasteiger partial charge in [-0.05, 0) is 23.3 Å². The van der Waals surface area contributed by atoms with E-state index in [1.807, 2.05) is 42.5 Å². The predicted octanol–water partition coefficient (Wildman–Crippen LogP) is 3.24. The summed E-state index contributed by atoms with van der Waals surface area (Å²) in [6.07, 6.45) is 1.68. The quantitative estimate of drug-likeness (QED) is 0.718. The first-order chi connectivity index (χ1) is 13.1. The number of aromatic nitrogens is 2. The maximum atomic E-state index is 13.7. The van der Waals surface area contributed by atoms with Crippen LogP contribution in [-0.4, -0.2) is 22.0 Å². The van der Waals surface area contributed by atoms with Gasteiger partial charge in [0.05, 0.1) is 12.7 Å². The summed E-state index contributed by atoms with van der Waals surface area (Å²) < 4.78 is 0. The largest absolute Gasteiger partial charge is 0.311 e. The zero-order valence-corrected chi connectivity index (χ0v) is 15.0. The fourth-order valence-electron chi connectivity index (χ4n) is 4.13. The maximum Gasteiger partial charge on any atom is 0.243 e. The number of hydrogen-bond donors (Lipinski definition) is 2. The van der Waals surface area contributed by atoms with Crippen molar-refractivity contribution in [3.05, 3.63) is 76.4 Å². The van der Waals surface area contributed by atoms with Crippen molar-refractivity contribution in [3.63, 3.8) is 0 Å². The highest BCUT2D eigenvalue weighted by Crippen LogP contribution is 2.52. The number of nitrogens with zero attached hydrogens (tertiary/aromatic N) is 2. The van der Waals surface area contributed by atoms with E-state index in [4.69, 9.17) is 11.6 Å². The normalized spacial score (nSPS) is 20.6. The van der Waals surface area contributed by atoms with Gasteiger partial charge in [-0.15, -0.1) is 0 Å². The number of carbonyl (C=O) groups is 2. The zero-order chi connectivity index (χ0) is 18.6. The molecule has 2 N–H and O–H groups in total. The van der Waals surface area contributed by atoms with E-state index in [1.54, 1.807) is 17.2 Å². The number of carbonyl (C=O) groups excluding carboxylic acids is 2. The first-order valence-electron chi connectivity index (χ1n) is 8.60. The lowest BCUT2D eigenvalue weighted by Gasteiger charge is -2.32. The number of halogens is 1. The van der Waals surface area contributed by atoms with Crippen molar-refractivity contribution in [2.24, 2.45) is 0 Å². The van der Waals surface area contributed by atoms with Crippen LogP contribution < -0.4 is 10.2 Å². The van der Waals surface area contributed by atoms with E-state index >= 15 is 0 Å². The Hall–Kier alpha value is -3.12. The molecular weight excluding hydrogens is 364 g/mol. The number of nitrogens with one attached hydrogen (secondary N) is 2. The van der Waals surface area contributed by atoms with Gasteiger partial charge < -0.3 is 10.2 Å². The van der Waals surface area contributed by atoms with Gasteiger partial charge in [-0.25, -0.2) is 0 Å². The zero-order valence-electron chi connectivity index (χ0n) is 14.2. The van der Waals surface area contributed by atoms with Gasteiger partial charge >= 0.3 is 0 Å². The van der Waals surface area contributed by atoms with E-state index < -0.39 is 5.41 Å². The smallest absolute Gasteiger partial charge is 0.243 e. The second-order valence-corrected chi connectivity index (χ2v) is 7.20. The Balaban J connectivity index is 1.69. The van der Waals surface area contributed by atoms with Gasteiger partial charge in [0.2, 0.25) is 11.8 Å². The average Bonchev–Trinajstić information content (AvgIpc) is 3.22. The van der Waals surface area contributed by atoms with Crippen LogP contribution in [0.5, 0.6) is 0 Å². The molecule has 0 saturated heterocycles. The molecule has 27 heavy (non-hydrogen) atoms. The number of hydrogen-bond acceptors (Lipinski definition) is 3. The maximum absolute atomic E-state index is 13.7. The van der Waals surface area contributed by atoms with Crippen LogP contribution in [-0.2, 0) is 21.5 Å². The molecule has 6 nitrogen and oxygen atoms in total. The Morgan fingerprint density at radius 1 is 1.07 bits per heavy atom. The molecule has 1 spiro atoms. The molecule has 0 bridgehead atoms. The third kappa shape index (κ3) is 2.16. The fraction of sp³-hybridized carbons (Fsp3) is 0.150. The van der Waals surface area contributed by atoms with E-state index in [0.29, 0.717) is 22.9 Å². The molecule has 0 unspecified atom stereocenters. The van der Waals surface area contributed by atoms with Gasteiger partial charge in [0.25, 0.3) is 0 Å². The third-order valence-corrected chi connectivity index (χ3v) is 5.71. The summed E-state index contributed by atoms with van der Waals surface area (Å²) in [7, 11) is 0. The Morgan fingerprint density at radius 2 is 1.85 bits per heavy atom. The minimum atomic E-state index is -1.07. The molecule has 1 atom stereocenters. The molecule has 5 rings (SSSR count). The Kier molecular flexibility index (Phi) is 3.39. The highest BCUT2D eigenvalue weighted by Gasteiger charge is 2.56. The lowest BCUT2D eigenvalue weighted by atomic mass is 9.72. The molecule has 2 amide bonds. The molecule has 3 heterocycles. The van der Waals surface area contributed by atoms with Crippen LogP contribution in [0.4, 0.5) is 11.5 Å². The van der Waals surface area contributed by atoms with Crippen LogP contribution in [0.3, 0.4) is 0 Å². The van der Waals surface area contributed by atoms with Crippen LogP contribution in [0.2, 0.25) is 5.02 Å². The number of anilines is 2. The number of fused-ring (bicyclic) bond motifs is 4.